The molecule has 0 spiro atoms. The van der Waals surface area contributed by atoms with Gasteiger partial charge in [-0.2, -0.15) is 0 Å². The summed E-state index contributed by atoms with van der Waals surface area (Å²) < 4.78 is 0. The van der Waals surface area contributed by atoms with Crippen molar-refractivity contribution in [2.45, 2.75) is 37.8 Å². The molecule has 0 aliphatic heterocycles. The number of carboxylic acid groups (broad SMARTS) is 1. The molecule has 0 saturated heterocycles. The van der Waals surface area contributed by atoms with Crippen molar-refractivity contribution in [3.8, 4) is 0 Å². The number of para-hydroxylation sites is 1. The summed E-state index contributed by atoms with van der Waals surface area (Å²) in [6.07, 6.45) is 3.98. The van der Waals surface area contributed by atoms with Crippen LogP contribution in [-0.2, 0) is 4.79 Å². The topological polar surface area (TPSA) is 92.5 Å². The molecule has 6 nitrogen and oxygen atoms in total. The van der Waals surface area contributed by atoms with Gasteiger partial charge < -0.3 is 5.11 Å². The molecule has 0 amide bonds. The van der Waals surface area contributed by atoms with Gasteiger partial charge in [-0.05, 0) is 18.9 Å². The zero-order chi connectivity index (χ0) is 13.8. The van der Waals surface area contributed by atoms with Gasteiger partial charge in [-0.25, -0.2) is 0 Å². The standard InChI is InChI=1S/C13H16N2O4/c16-13(17)12(14-9-5-1-2-6-9)10-7-3-4-8-11(10)15(18)19/h3-4,7-9,12,14H,1-2,5-6H2,(H,16,17). The number of carboxylic acids is 1. The maximum Gasteiger partial charge on any atom is 0.325 e. The quantitative estimate of drug-likeness (QED) is 0.628. The van der Waals surface area contributed by atoms with Crippen molar-refractivity contribution in [2.24, 2.45) is 0 Å². The molecule has 0 aromatic heterocycles. The van der Waals surface area contributed by atoms with Gasteiger partial charge in [0.1, 0.15) is 6.04 Å². The first-order chi connectivity index (χ1) is 9.09. The summed E-state index contributed by atoms with van der Waals surface area (Å²) in [5.41, 5.74) is 0.0623. The van der Waals surface area contributed by atoms with Crippen molar-refractivity contribution in [1.29, 1.82) is 0 Å². The van der Waals surface area contributed by atoms with Gasteiger partial charge >= 0.3 is 5.97 Å². The Morgan fingerprint density at radius 3 is 2.58 bits per heavy atom. The number of hydrogen-bond donors (Lipinski definition) is 2. The Labute approximate surface area is 110 Å². The first-order valence-corrected chi connectivity index (χ1v) is 6.32. The highest BCUT2D eigenvalue weighted by Gasteiger charge is 2.30. The monoisotopic (exact) mass is 264 g/mol. The number of benzene rings is 1. The van der Waals surface area contributed by atoms with E-state index < -0.39 is 16.9 Å². The lowest BCUT2D eigenvalue weighted by Gasteiger charge is -2.19. The average molecular weight is 264 g/mol. The highest BCUT2D eigenvalue weighted by Crippen LogP contribution is 2.28. The van der Waals surface area contributed by atoms with E-state index in [1.165, 1.54) is 18.2 Å². The molecule has 102 valence electrons. The molecule has 1 saturated carbocycles. The Morgan fingerprint density at radius 1 is 1.37 bits per heavy atom. The molecule has 1 atom stereocenters. The second kappa shape index (κ2) is 5.79. The molecule has 2 rings (SSSR count). The Balaban J connectivity index is 2.28. The maximum absolute atomic E-state index is 11.4. The van der Waals surface area contributed by atoms with E-state index in [4.69, 9.17) is 0 Å². The minimum absolute atomic E-state index is 0.126. The highest BCUT2D eigenvalue weighted by atomic mass is 16.6. The fourth-order valence-electron chi connectivity index (χ4n) is 2.52. The van der Waals surface area contributed by atoms with Crippen LogP contribution in [0, 0.1) is 10.1 Å². The van der Waals surface area contributed by atoms with Gasteiger partial charge in [-0.15, -0.1) is 0 Å². The van der Waals surface area contributed by atoms with Gasteiger partial charge in [0, 0.05) is 12.1 Å². The largest absolute Gasteiger partial charge is 0.480 e. The Kier molecular flexibility index (Phi) is 4.11. The Bertz CT molecular complexity index is 483. The van der Waals surface area contributed by atoms with Gasteiger partial charge in [0.2, 0.25) is 0 Å². The minimum atomic E-state index is -1.08. The fourth-order valence-corrected chi connectivity index (χ4v) is 2.52. The smallest absolute Gasteiger partial charge is 0.325 e. The third kappa shape index (κ3) is 3.08. The van der Waals surface area contributed by atoms with Gasteiger partial charge in [0.05, 0.1) is 10.5 Å². The van der Waals surface area contributed by atoms with E-state index in [-0.39, 0.29) is 17.3 Å². The van der Waals surface area contributed by atoms with E-state index >= 15 is 0 Å². The van der Waals surface area contributed by atoms with E-state index in [0.29, 0.717) is 0 Å². The number of carbonyl (C=O) groups is 1. The van der Waals surface area contributed by atoms with Crippen LogP contribution in [0.5, 0.6) is 0 Å². The molecule has 0 heterocycles. The van der Waals surface area contributed by atoms with E-state index in [1.807, 2.05) is 0 Å². The number of nitro benzene ring substituents is 1. The predicted octanol–water partition coefficient (Wildman–Crippen LogP) is 2.25. The average Bonchev–Trinajstić information content (AvgIpc) is 2.88. The van der Waals surface area contributed by atoms with Crippen LogP contribution < -0.4 is 5.32 Å². The SMILES string of the molecule is O=C(O)C(NC1CCCC1)c1ccccc1[N+](=O)[O-]. The zero-order valence-electron chi connectivity index (χ0n) is 10.4. The lowest BCUT2D eigenvalue weighted by molar-refractivity contribution is -0.385. The van der Waals surface area contributed by atoms with Gasteiger partial charge in [0.15, 0.2) is 0 Å². The molecule has 1 aliphatic rings. The molecule has 1 aromatic carbocycles. The third-order valence-electron chi connectivity index (χ3n) is 3.45. The van der Waals surface area contributed by atoms with E-state index in [1.54, 1.807) is 6.07 Å². The van der Waals surface area contributed by atoms with Crippen molar-refractivity contribution in [2.75, 3.05) is 0 Å². The Morgan fingerprint density at radius 2 is 2.00 bits per heavy atom. The van der Waals surface area contributed by atoms with Gasteiger partial charge in [0.25, 0.3) is 5.69 Å². The lowest BCUT2D eigenvalue weighted by atomic mass is 10.0. The molecule has 19 heavy (non-hydrogen) atoms. The van der Waals surface area contributed by atoms with E-state index in [0.717, 1.165) is 25.7 Å². The maximum atomic E-state index is 11.4. The molecule has 0 radical (unpaired) electrons. The second-order valence-electron chi connectivity index (χ2n) is 4.74. The highest BCUT2D eigenvalue weighted by molar-refractivity contribution is 5.77. The summed E-state index contributed by atoms with van der Waals surface area (Å²) in [5.74, 6) is -1.08. The molecule has 1 fully saturated rings. The fraction of sp³-hybridized carbons (Fsp3) is 0.462. The number of nitro groups is 1. The molecule has 6 heteroatoms. The summed E-state index contributed by atoms with van der Waals surface area (Å²) >= 11 is 0. The molecule has 1 unspecified atom stereocenters. The summed E-state index contributed by atoms with van der Waals surface area (Å²) in [4.78, 5) is 21.8. The number of hydrogen-bond acceptors (Lipinski definition) is 4. The number of rotatable bonds is 5. The van der Waals surface area contributed by atoms with Crippen LogP contribution in [0.1, 0.15) is 37.3 Å². The summed E-state index contributed by atoms with van der Waals surface area (Å²) in [6, 6.07) is 5.09. The van der Waals surface area contributed by atoms with Crippen LogP contribution in [0.3, 0.4) is 0 Å². The summed E-state index contributed by atoms with van der Waals surface area (Å²) in [7, 11) is 0. The van der Waals surface area contributed by atoms with Crippen LogP contribution in [-0.4, -0.2) is 22.0 Å². The molecule has 1 aliphatic carbocycles. The number of nitrogens with one attached hydrogen (secondary N) is 1. The van der Waals surface area contributed by atoms with Gasteiger partial charge in [-0.1, -0.05) is 25.0 Å². The summed E-state index contributed by atoms with van der Waals surface area (Å²) in [5, 5.41) is 23.3. The molecular weight excluding hydrogens is 248 g/mol. The van der Waals surface area contributed by atoms with Gasteiger partial charge in [-0.3, -0.25) is 20.2 Å². The Hall–Kier alpha value is -1.95. The molecule has 2 N–H and O–H groups in total. The third-order valence-corrected chi connectivity index (χ3v) is 3.45. The predicted molar refractivity (Wildman–Crippen MR) is 68.9 cm³/mol. The van der Waals surface area contributed by atoms with Crippen molar-refractivity contribution in [3.63, 3.8) is 0 Å². The molecule has 1 aromatic rings. The number of nitrogens with zero attached hydrogens (tertiary/aromatic N) is 1. The molecule has 0 bridgehead atoms. The first-order valence-electron chi connectivity index (χ1n) is 6.32. The first kappa shape index (κ1) is 13.5. The van der Waals surface area contributed by atoms with Crippen molar-refractivity contribution >= 4 is 11.7 Å². The normalized spacial score (nSPS) is 17.3. The van der Waals surface area contributed by atoms with Crippen LogP contribution in [0.4, 0.5) is 5.69 Å². The van der Waals surface area contributed by atoms with Crippen LogP contribution in [0.15, 0.2) is 24.3 Å². The van der Waals surface area contributed by atoms with E-state index in [2.05, 4.69) is 5.32 Å². The van der Waals surface area contributed by atoms with Crippen molar-refractivity contribution in [1.82, 2.24) is 5.32 Å². The lowest BCUT2D eigenvalue weighted by Crippen LogP contribution is -2.35. The summed E-state index contributed by atoms with van der Waals surface area (Å²) in [6.45, 7) is 0. The van der Waals surface area contributed by atoms with Crippen LogP contribution >= 0.6 is 0 Å². The van der Waals surface area contributed by atoms with Crippen LogP contribution in [0.2, 0.25) is 0 Å². The van der Waals surface area contributed by atoms with Crippen molar-refractivity contribution in [3.05, 3.63) is 39.9 Å². The second-order valence-corrected chi connectivity index (χ2v) is 4.74. The van der Waals surface area contributed by atoms with E-state index in [9.17, 15) is 20.0 Å². The molecular formula is C13H16N2O4. The number of aliphatic carboxylic acids is 1. The van der Waals surface area contributed by atoms with Crippen LogP contribution in [0.25, 0.3) is 0 Å². The minimum Gasteiger partial charge on any atom is -0.480 e. The zero-order valence-corrected chi connectivity index (χ0v) is 10.4. The van der Waals surface area contributed by atoms with Crippen molar-refractivity contribution < 1.29 is 14.8 Å².